The van der Waals surface area contributed by atoms with Gasteiger partial charge >= 0.3 is 0 Å². The first kappa shape index (κ1) is 21.0. The lowest BCUT2D eigenvalue weighted by molar-refractivity contribution is -0.121. The van der Waals surface area contributed by atoms with Crippen LogP contribution in [0.15, 0.2) is 6.07 Å². The minimum Gasteiger partial charge on any atom is -0.379 e. The van der Waals surface area contributed by atoms with Crippen molar-refractivity contribution in [2.75, 3.05) is 44.7 Å². The first-order valence-electron chi connectivity index (χ1n) is 8.68. The van der Waals surface area contributed by atoms with Gasteiger partial charge in [-0.25, -0.2) is 17.6 Å². The molecule has 12 heteroatoms. The number of ether oxygens (including phenoxy) is 1. The van der Waals surface area contributed by atoms with Gasteiger partial charge in [0, 0.05) is 32.2 Å². The smallest absolute Gasteiger partial charge is 0.282 e. The summed E-state index contributed by atoms with van der Waals surface area (Å²) in [5, 5.41) is 1.86. The van der Waals surface area contributed by atoms with Crippen molar-refractivity contribution in [3.63, 3.8) is 0 Å². The zero-order valence-corrected chi connectivity index (χ0v) is 15.6. The number of carbonyl (C=O) groups excluding carboxylic acids is 1. The van der Waals surface area contributed by atoms with Crippen LogP contribution in [-0.2, 0) is 19.7 Å². The quantitative estimate of drug-likeness (QED) is 0.586. The van der Waals surface area contributed by atoms with Crippen molar-refractivity contribution in [1.82, 2.24) is 8.61 Å². The Hall–Kier alpha value is -1.76. The fourth-order valence-electron chi connectivity index (χ4n) is 3.21. The van der Waals surface area contributed by atoms with Crippen LogP contribution in [-0.4, -0.2) is 62.3 Å². The van der Waals surface area contributed by atoms with Gasteiger partial charge in [-0.05, 0) is 12.8 Å². The molecule has 0 aromatic heterocycles. The molecular weight excluding hydrogens is 406 g/mol. The Morgan fingerprint density at radius 3 is 2.25 bits per heavy atom. The van der Waals surface area contributed by atoms with Crippen molar-refractivity contribution in [3.05, 3.63) is 29.3 Å². The number of hydrogen-bond acceptors (Lipinski definition) is 4. The molecule has 2 heterocycles. The number of nitrogens with one attached hydrogen (secondary N) is 1. The lowest BCUT2D eigenvalue weighted by Crippen LogP contribution is -2.52. The first-order valence-corrected chi connectivity index (χ1v) is 10.1. The number of morpholine rings is 1. The molecule has 2 aliphatic rings. The lowest BCUT2D eigenvalue weighted by Gasteiger charge is -2.36. The normalized spacial score (nSPS) is 22.2. The topological polar surface area (TPSA) is 79.0 Å². The molecule has 0 saturated carbocycles. The van der Waals surface area contributed by atoms with Crippen molar-refractivity contribution in [1.29, 1.82) is 0 Å². The van der Waals surface area contributed by atoms with E-state index in [-0.39, 0.29) is 51.9 Å². The third-order valence-corrected chi connectivity index (χ3v) is 6.74. The van der Waals surface area contributed by atoms with Crippen molar-refractivity contribution in [2.24, 2.45) is 5.92 Å². The van der Waals surface area contributed by atoms with E-state index in [1.165, 1.54) is 4.31 Å². The first-order chi connectivity index (χ1) is 13.2. The highest BCUT2D eigenvalue weighted by atomic mass is 32.2. The molecule has 2 aliphatic heterocycles. The van der Waals surface area contributed by atoms with Crippen LogP contribution in [0.4, 0.5) is 23.2 Å². The van der Waals surface area contributed by atoms with Gasteiger partial charge in [-0.2, -0.15) is 17.0 Å². The van der Waals surface area contributed by atoms with E-state index in [4.69, 9.17) is 4.74 Å². The summed E-state index contributed by atoms with van der Waals surface area (Å²) in [6.45, 7) is 0.901. The van der Waals surface area contributed by atoms with Crippen molar-refractivity contribution >= 4 is 21.8 Å². The SMILES string of the molecule is O=C(Nc1c(F)c(F)cc(F)c1F)C1CCCN(S(=O)(=O)N2CCOCC2)C1. The summed E-state index contributed by atoms with van der Waals surface area (Å²) in [7, 11) is -3.82. The Balaban J connectivity index is 1.73. The Labute approximate surface area is 159 Å². The van der Waals surface area contributed by atoms with E-state index in [9.17, 15) is 30.8 Å². The summed E-state index contributed by atoms with van der Waals surface area (Å²) in [4.78, 5) is 12.4. The Kier molecular flexibility index (Phi) is 6.22. The predicted molar refractivity (Wildman–Crippen MR) is 90.5 cm³/mol. The molecule has 7 nitrogen and oxygen atoms in total. The van der Waals surface area contributed by atoms with Gasteiger partial charge < -0.3 is 10.1 Å². The molecule has 1 atom stereocenters. The third kappa shape index (κ3) is 4.14. The zero-order chi connectivity index (χ0) is 20.5. The van der Waals surface area contributed by atoms with Crippen LogP contribution in [0.5, 0.6) is 0 Å². The number of benzene rings is 1. The number of nitrogens with zero attached hydrogens (tertiary/aromatic N) is 2. The van der Waals surface area contributed by atoms with Gasteiger partial charge in [-0.1, -0.05) is 0 Å². The highest BCUT2D eigenvalue weighted by molar-refractivity contribution is 7.86. The molecule has 2 fully saturated rings. The molecule has 2 saturated heterocycles. The summed E-state index contributed by atoms with van der Waals surface area (Å²) in [6, 6.07) is 0.0393. The van der Waals surface area contributed by atoms with Gasteiger partial charge in [-0.15, -0.1) is 0 Å². The molecular formula is C16H19F4N3O4S. The maximum atomic E-state index is 13.8. The Morgan fingerprint density at radius 1 is 1.04 bits per heavy atom. The van der Waals surface area contributed by atoms with Crippen LogP contribution in [0.2, 0.25) is 0 Å². The van der Waals surface area contributed by atoms with Gasteiger partial charge in [0.2, 0.25) is 5.91 Å². The molecule has 1 aromatic carbocycles. The average molecular weight is 425 g/mol. The monoisotopic (exact) mass is 425 g/mol. The number of halogens is 4. The summed E-state index contributed by atoms with van der Waals surface area (Å²) in [6.07, 6.45) is 0.617. The van der Waals surface area contributed by atoms with Gasteiger partial charge in [0.25, 0.3) is 10.2 Å². The Bertz CT molecular complexity index is 836. The number of rotatable bonds is 4. The van der Waals surface area contributed by atoms with Crippen molar-refractivity contribution in [3.8, 4) is 0 Å². The van der Waals surface area contributed by atoms with E-state index < -0.39 is 51.0 Å². The number of anilines is 1. The molecule has 1 N–H and O–H groups in total. The number of carbonyl (C=O) groups is 1. The van der Waals surface area contributed by atoms with Gasteiger partial charge in [0.15, 0.2) is 23.3 Å². The zero-order valence-electron chi connectivity index (χ0n) is 14.8. The van der Waals surface area contributed by atoms with Crippen molar-refractivity contribution in [2.45, 2.75) is 12.8 Å². The Morgan fingerprint density at radius 2 is 1.64 bits per heavy atom. The number of amides is 1. The summed E-state index contributed by atoms with van der Waals surface area (Å²) in [5.41, 5.74) is -1.23. The minimum absolute atomic E-state index is 0.0393. The molecule has 0 aliphatic carbocycles. The van der Waals surface area contributed by atoms with Gasteiger partial charge in [0.1, 0.15) is 5.69 Å². The summed E-state index contributed by atoms with van der Waals surface area (Å²) < 4.78 is 87.0. The molecule has 1 unspecified atom stereocenters. The number of hydrogen-bond donors (Lipinski definition) is 1. The van der Waals surface area contributed by atoms with E-state index in [1.54, 1.807) is 0 Å². The maximum absolute atomic E-state index is 13.8. The summed E-state index contributed by atoms with van der Waals surface area (Å²) in [5.74, 6) is -8.56. The van der Waals surface area contributed by atoms with Crippen LogP contribution in [0.25, 0.3) is 0 Å². The molecule has 0 bridgehead atoms. The predicted octanol–water partition coefficient (Wildman–Crippen LogP) is 1.47. The molecule has 3 rings (SSSR count). The minimum atomic E-state index is -3.82. The van der Waals surface area contributed by atoms with Crippen molar-refractivity contribution < 1.29 is 35.5 Å². The second-order valence-electron chi connectivity index (χ2n) is 6.55. The average Bonchev–Trinajstić information content (AvgIpc) is 2.70. The molecule has 156 valence electrons. The third-order valence-electron chi connectivity index (χ3n) is 4.74. The van der Waals surface area contributed by atoms with E-state index in [2.05, 4.69) is 0 Å². The standard InChI is InChI=1S/C16H19F4N3O4S/c17-11-8-12(18)14(20)15(13(11)19)21-16(24)10-2-1-3-23(9-10)28(25,26)22-4-6-27-7-5-22/h8,10H,1-7,9H2,(H,21,24). The van der Waals surface area contributed by atoms with Gasteiger partial charge in [-0.3, -0.25) is 4.79 Å². The second-order valence-corrected chi connectivity index (χ2v) is 8.48. The van der Waals surface area contributed by atoms with E-state index in [0.717, 1.165) is 4.31 Å². The molecule has 0 spiro atoms. The second kappa shape index (κ2) is 8.31. The molecule has 1 aromatic rings. The fraction of sp³-hybridized carbons (Fsp3) is 0.562. The highest BCUT2D eigenvalue weighted by Gasteiger charge is 2.37. The molecule has 1 amide bonds. The van der Waals surface area contributed by atoms with Crippen LogP contribution in [0, 0.1) is 29.2 Å². The largest absolute Gasteiger partial charge is 0.379 e. The van der Waals surface area contributed by atoms with E-state index >= 15 is 0 Å². The van der Waals surface area contributed by atoms with Crippen LogP contribution >= 0.6 is 0 Å². The van der Waals surface area contributed by atoms with E-state index in [0.29, 0.717) is 6.42 Å². The molecule has 28 heavy (non-hydrogen) atoms. The van der Waals surface area contributed by atoms with E-state index in [1.807, 2.05) is 5.32 Å². The summed E-state index contributed by atoms with van der Waals surface area (Å²) >= 11 is 0. The van der Waals surface area contributed by atoms with Gasteiger partial charge in [0.05, 0.1) is 19.1 Å². The lowest BCUT2D eigenvalue weighted by atomic mass is 9.98. The van der Waals surface area contributed by atoms with Crippen LogP contribution in [0.3, 0.4) is 0 Å². The highest BCUT2D eigenvalue weighted by Crippen LogP contribution is 2.27. The van der Waals surface area contributed by atoms with Crippen LogP contribution < -0.4 is 5.32 Å². The fourth-order valence-corrected chi connectivity index (χ4v) is 4.88. The van der Waals surface area contributed by atoms with Crippen LogP contribution in [0.1, 0.15) is 12.8 Å². The maximum Gasteiger partial charge on any atom is 0.282 e. The number of piperidine rings is 1. The molecule has 0 radical (unpaired) electrons.